The Hall–Kier alpha value is -4.50. The molecule has 0 aliphatic carbocycles. The van der Waals surface area contributed by atoms with Crippen molar-refractivity contribution in [3.05, 3.63) is 101 Å². The third-order valence-corrected chi connectivity index (χ3v) is 7.54. The van der Waals surface area contributed by atoms with E-state index < -0.39 is 46.9 Å². The summed E-state index contributed by atoms with van der Waals surface area (Å²) in [6.07, 6.45) is 0. The Balaban J connectivity index is 1.85. The number of aryl methyl sites for hydroxylation is 1. The molecule has 206 valence electrons. The van der Waals surface area contributed by atoms with Gasteiger partial charge in [0.1, 0.15) is 5.75 Å². The van der Waals surface area contributed by atoms with Crippen LogP contribution >= 0.6 is 0 Å². The normalized spacial score (nSPS) is 22.3. The summed E-state index contributed by atoms with van der Waals surface area (Å²) < 4.78 is 16.8. The number of nitrogens with one attached hydrogen (secondary N) is 2. The van der Waals surface area contributed by atoms with Gasteiger partial charge in [0.15, 0.2) is 5.54 Å². The number of rotatable bonds is 7. The highest BCUT2D eigenvalue weighted by Crippen LogP contribution is 2.57. The van der Waals surface area contributed by atoms with Crippen molar-refractivity contribution in [3.63, 3.8) is 0 Å². The minimum atomic E-state index is -2.21. The van der Waals surface area contributed by atoms with Gasteiger partial charge in [-0.1, -0.05) is 60.7 Å². The second kappa shape index (κ2) is 10.6. The lowest BCUT2D eigenvalue weighted by Crippen LogP contribution is -2.66. The number of fused-ring (bicyclic) bond motifs is 3. The Bertz CT molecular complexity index is 1450. The van der Waals surface area contributed by atoms with Crippen LogP contribution in [0.15, 0.2) is 78.9 Å². The number of hydrogen-bond donors (Lipinski definition) is 2. The molecule has 2 N–H and O–H groups in total. The zero-order valence-corrected chi connectivity index (χ0v) is 22.4. The van der Waals surface area contributed by atoms with E-state index in [2.05, 4.69) is 10.6 Å². The second-order valence-corrected chi connectivity index (χ2v) is 9.73. The molecule has 2 aliphatic rings. The number of ether oxygens (including phenoxy) is 3. The molecule has 0 saturated carbocycles. The van der Waals surface area contributed by atoms with Gasteiger partial charge in [0.2, 0.25) is 5.54 Å². The van der Waals surface area contributed by atoms with Gasteiger partial charge in [0.25, 0.3) is 5.91 Å². The molecule has 2 heterocycles. The molecule has 1 fully saturated rings. The smallest absolute Gasteiger partial charge is 0.340 e. The van der Waals surface area contributed by atoms with Gasteiger partial charge >= 0.3 is 17.9 Å². The monoisotopic (exact) mass is 542 g/mol. The Labute approximate surface area is 231 Å². The van der Waals surface area contributed by atoms with E-state index in [1.54, 1.807) is 99.6 Å². The first-order valence-electron chi connectivity index (χ1n) is 13.2. The van der Waals surface area contributed by atoms with Gasteiger partial charge in [-0.25, -0.2) is 14.4 Å². The van der Waals surface area contributed by atoms with Crippen molar-refractivity contribution < 1.29 is 33.4 Å². The highest BCUT2D eigenvalue weighted by Gasteiger charge is 2.76. The minimum Gasteiger partial charge on any atom is -0.464 e. The lowest BCUT2D eigenvalue weighted by atomic mass is 9.66. The molecule has 0 bridgehead atoms. The summed E-state index contributed by atoms with van der Waals surface area (Å²) >= 11 is 0. The van der Waals surface area contributed by atoms with Gasteiger partial charge in [0, 0.05) is 11.1 Å². The molecule has 9 nitrogen and oxygen atoms in total. The largest absolute Gasteiger partial charge is 0.464 e. The van der Waals surface area contributed by atoms with Crippen LogP contribution in [-0.2, 0) is 23.9 Å². The fourth-order valence-corrected chi connectivity index (χ4v) is 5.85. The number of carbonyl (C=O) groups excluding carboxylic acids is 4. The van der Waals surface area contributed by atoms with Crippen molar-refractivity contribution in [3.8, 4) is 5.75 Å². The molecular formula is C31H30N2O7. The molecule has 0 radical (unpaired) electrons. The van der Waals surface area contributed by atoms with Crippen LogP contribution in [0.5, 0.6) is 5.75 Å². The maximum absolute atomic E-state index is 14.3. The third-order valence-electron chi connectivity index (χ3n) is 7.54. The lowest BCUT2D eigenvalue weighted by molar-refractivity contribution is -0.167. The molecule has 0 aromatic heterocycles. The molecule has 9 heteroatoms. The van der Waals surface area contributed by atoms with Crippen LogP contribution < -0.4 is 15.4 Å². The van der Waals surface area contributed by atoms with E-state index in [1.807, 2.05) is 0 Å². The average Bonchev–Trinajstić information content (AvgIpc) is 3.27. The van der Waals surface area contributed by atoms with Crippen molar-refractivity contribution in [2.75, 3.05) is 13.2 Å². The number of carbonyl (C=O) groups is 4. The molecule has 0 spiro atoms. The Morgan fingerprint density at radius 3 is 2.05 bits per heavy atom. The predicted octanol–water partition coefficient (Wildman–Crippen LogP) is 3.38. The molecule has 3 aromatic rings. The summed E-state index contributed by atoms with van der Waals surface area (Å²) in [5.74, 6) is -4.30. The van der Waals surface area contributed by atoms with E-state index in [-0.39, 0.29) is 24.5 Å². The maximum Gasteiger partial charge on any atom is 0.340 e. The van der Waals surface area contributed by atoms with Crippen LogP contribution in [0.4, 0.5) is 0 Å². The summed E-state index contributed by atoms with van der Waals surface area (Å²) in [7, 11) is 0. The molecule has 3 aromatic carbocycles. The number of para-hydroxylation sites is 1. The number of esters is 3. The van der Waals surface area contributed by atoms with Crippen LogP contribution in [0.3, 0.4) is 0 Å². The van der Waals surface area contributed by atoms with Crippen molar-refractivity contribution in [2.45, 2.75) is 43.8 Å². The van der Waals surface area contributed by atoms with Crippen LogP contribution in [0, 0.1) is 6.92 Å². The second-order valence-electron chi connectivity index (χ2n) is 9.73. The van der Waals surface area contributed by atoms with Gasteiger partial charge in [-0.05, 0) is 50.1 Å². The lowest BCUT2D eigenvalue weighted by Gasteiger charge is -2.42. The van der Waals surface area contributed by atoms with Crippen LogP contribution in [0.25, 0.3) is 0 Å². The van der Waals surface area contributed by atoms with Crippen molar-refractivity contribution in [1.29, 1.82) is 0 Å². The van der Waals surface area contributed by atoms with Gasteiger partial charge in [-0.15, -0.1) is 0 Å². The number of hydrogen-bond acceptors (Lipinski definition) is 8. The predicted molar refractivity (Wildman–Crippen MR) is 145 cm³/mol. The van der Waals surface area contributed by atoms with Gasteiger partial charge in [-0.3, -0.25) is 10.1 Å². The summed E-state index contributed by atoms with van der Waals surface area (Å²) in [6, 6.07) is 21.2. The number of benzene rings is 3. The molecule has 2 aliphatic heterocycles. The van der Waals surface area contributed by atoms with Gasteiger partial charge in [0.05, 0.1) is 25.2 Å². The van der Waals surface area contributed by atoms with E-state index >= 15 is 0 Å². The van der Waals surface area contributed by atoms with Crippen molar-refractivity contribution in [1.82, 2.24) is 10.6 Å². The van der Waals surface area contributed by atoms with E-state index in [1.165, 1.54) is 0 Å². The maximum atomic E-state index is 14.3. The third kappa shape index (κ3) is 4.05. The van der Waals surface area contributed by atoms with E-state index in [4.69, 9.17) is 14.2 Å². The summed E-state index contributed by atoms with van der Waals surface area (Å²) in [4.78, 5) is 56.1. The highest BCUT2D eigenvalue weighted by atomic mass is 16.6. The minimum absolute atomic E-state index is 0.0305. The van der Waals surface area contributed by atoms with E-state index in [0.717, 1.165) is 0 Å². The Kier molecular flexibility index (Phi) is 7.16. The standard InChI is InChI=1S/C31H30N2O7/c1-4-38-27(35)31(28(36)39-5-2)24(21-16-10-9-13-19(21)3)30(33-26(34)20-14-7-6-8-15-20)25(32-31)22-17-11-12-18-23(22)40-29(30)37/h6-18,24-25,32H,4-5H2,1-3H3,(H,33,34)/t24-,25?,30-/m0/s1. The topological polar surface area (TPSA) is 120 Å². The molecular weight excluding hydrogens is 512 g/mol. The van der Waals surface area contributed by atoms with E-state index in [0.29, 0.717) is 16.7 Å². The SMILES string of the molecule is CCOC(=O)C1(C(=O)OCC)NC2c3ccccc3OC(=O)[C@]2(NC(=O)c2ccccc2)[C@@H]1c1ccccc1C. The summed E-state index contributed by atoms with van der Waals surface area (Å²) in [6.45, 7) is 4.99. The zero-order valence-electron chi connectivity index (χ0n) is 22.4. The average molecular weight is 543 g/mol. The van der Waals surface area contributed by atoms with E-state index in [9.17, 15) is 19.2 Å². The first kappa shape index (κ1) is 27.1. The summed E-state index contributed by atoms with van der Waals surface area (Å²) in [5, 5.41) is 6.11. The van der Waals surface area contributed by atoms with Crippen LogP contribution in [-0.4, -0.2) is 48.1 Å². The Morgan fingerprint density at radius 2 is 1.43 bits per heavy atom. The first-order valence-corrected chi connectivity index (χ1v) is 13.2. The zero-order chi connectivity index (χ0) is 28.5. The van der Waals surface area contributed by atoms with Crippen molar-refractivity contribution in [2.24, 2.45) is 0 Å². The fraction of sp³-hybridized carbons (Fsp3) is 0.290. The molecule has 5 rings (SSSR count). The first-order chi connectivity index (χ1) is 19.3. The molecule has 1 amide bonds. The fourth-order valence-electron chi connectivity index (χ4n) is 5.85. The van der Waals surface area contributed by atoms with Crippen LogP contribution in [0.1, 0.15) is 52.9 Å². The molecule has 3 atom stereocenters. The van der Waals surface area contributed by atoms with Crippen molar-refractivity contribution >= 4 is 23.8 Å². The summed E-state index contributed by atoms with van der Waals surface area (Å²) in [5.41, 5.74) is -2.22. The Morgan fingerprint density at radius 1 is 0.850 bits per heavy atom. The quantitative estimate of drug-likeness (QED) is 0.265. The molecule has 40 heavy (non-hydrogen) atoms. The van der Waals surface area contributed by atoms with Crippen LogP contribution in [0.2, 0.25) is 0 Å². The number of amides is 1. The molecule has 1 saturated heterocycles. The van der Waals surface area contributed by atoms with Gasteiger partial charge < -0.3 is 19.5 Å². The van der Waals surface area contributed by atoms with Gasteiger partial charge in [-0.2, -0.15) is 0 Å². The molecule has 1 unspecified atom stereocenters. The highest BCUT2D eigenvalue weighted by molar-refractivity contribution is 6.11.